The van der Waals surface area contributed by atoms with Gasteiger partial charge in [-0.3, -0.25) is 0 Å². The molecule has 4 aliphatic rings. The number of hydrogen-bond donors (Lipinski definition) is 0. The number of aromatic nitrogens is 8. The minimum atomic E-state index is -0.666. The Morgan fingerprint density at radius 2 is 0.580 bits per heavy atom. The van der Waals surface area contributed by atoms with Gasteiger partial charge in [0.15, 0.2) is 0 Å². The first kappa shape index (κ1) is 55.0. The van der Waals surface area contributed by atoms with Crippen LogP contribution in [0.15, 0.2) is 280 Å². The second kappa shape index (κ2) is 21.1. The van der Waals surface area contributed by atoms with Gasteiger partial charge in [0.2, 0.25) is 12.7 Å². The number of hydrogen-bond acceptors (Lipinski definition) is 2. The molecule has 0 unspecified atom stereocenters. The first-order valence-corrected chi connectivity index (χ1v) is 29.1. The van der Waals surface area contributed by atoms with E-state index in [0.29, 0.717) is 0 Å². The van der Waals surface area contributed by atoms with E-state index in [1.807, 2.05) is 23.2 Å². The van der Waals surface area contributed by atoms with E-state index in [9.17, 15) is 0 Å². The Kier molecular flexibility index (Phi) is 13.2. The molecule has 10 aromatic carbocycles. The summed E-state index contributed by atoms with van der Waals surface area (Å²) in [6.07, 6.45) is 19.1. The molecule has 0 radical (unpaired) electrons. The average molecular weight is 1490 g/mol. The number of nitrogens with zero attached hydrogens (tertiary/aromatic N) is 8. The molecule has 0 saturated carbocycles. The van der Waals surface area contributed by atoms with Crippen LogP contribution in [-0.2, 0) is 78.1 Å². The summed E-state index contributed by atoms with van der Waals surface area (Å²) in [5.74, 6) is 0. The third-order valence-electron chi connectivity index (χ3n) is 18.8. The van der Waals surface area contributed by atoms with Crippen molar-refractivity contribution in [2.45, 2.75) is 21.9 Å². The summed E-state index contributed by atoms with van der Waals surface area (Å²) < 4.78 is 8.41. The molecule has 0 aliphatic heterocycles. The minimum Gasteiger partial charge on any atom is -0.581 e. The molecule has 8 nitrogen and oxygen atoms in total. The molecule has 4 aromatic heterocycles. The average Bonchev–Trinajstić information content (AvgIpc) is 1.55. The van der Waals surface area contributed by atoms with Crippen LogP contribution < -0.4 is 19.3 Å². The van der Waals surface area contributed by atoms with Crippen LogP contribution in [0.2, 0.25) is 0 Å². The van der Waals surface area contributed by atoms with E-state index >= 15 is 0 Å². The second-order valence-electron chi connectivity index (χ2n) is 22.8. The van der Waals surface area contributed by atoms with Gasteiger partial charge in [0.25, 0.3) is 0 Å². The maximum atomic E-state index is 4.74. The molecule has 88 heavy (non-hydrogen) atoms. The zero-order valence-corrected chi connectivity index (χ0v) is 52.3. The van der Waals surface area contributed by atoms with E-state index < -0.39 is 21.9 Å². The van der Waals surface area contributed by atoms with Gasteiger partial charge in [0.05, 0.1) is 24.9 Å². The van der Waals surface area contributed by atoms with Crippen LogP contribution in [0.1, 0.15) is 78.1 Å². The molecule has 14 aromatic rings. The molecule has 0 N–H and O–H groups in total. The molecule has 0 bridgehead atoms. The third-order valence-corrected chi connectivity index (χ3v) is 18.8. The molecule has 4 heterocycles. The fourth-order valence-corrected chi connectivity index (χ4v) is 15.5. The summed E-state index contributed by atoms with van der Waals surface area (Å²) in [7, 11) is 4.04. The molecule has 0 atom stereocenters. The number of fused-ring (bicyclic) bond motifs is 12. The fraction of sp³-hybridized carbons (Fsp3) is 0.0769. The quantitative estimate of drug-likeness (QED) is 0.112. The molecular formula is C78H52N8Pt2-4. The molecule has 0 saturated heterocycles. The van der Waals surface area contributed by atoms with Gasteiger partial charge < -0.3 is 38.7 Å². The summed E-state index contributed by atoms with van der Waals surface area (Å²) in [5.41, 5.74) is 22.8. The molecular weight excluding hydrogens is 1440 g/mol. The van der Waals surface area contributed by atoms with Gasteiger partial charge in [-0.25, -0.2) is 0 Å². The van der Waals surface area contributed by atoms with Crippen molar-refractivity contribution in [1.29, 1.82) is 0 Å². The van der Waals surface area contributed by atoms with Crippen molar-refractivity contribution < 1.29 is 51.3 Å². The van der Waals surface area contributed by atoms with Crippen LogP contribution in [0.5, 0.6) is 0 Å². The standard InChI is InChI=1S/2C39H26N4.2Pt/c2*1-42-23-24-43(26-42)39(35-19-8-4-15-31(35)32-16-5-9-20-36(32)39)28-12-10-11-27(25-28)38(37-21-22-40-41-37)33-17-6-2-13-29(33)30-14-3-7-18-34(30)38;;/h2*2-24H,1H3;;/q2*-2;;. The summed E-state index contributed by atoms with van der Waals surface area (Å²) in [4.78, 5) is 0. The molecule has 0 amide bonds. The first-order chi connectivity index (χ1) is 42.5. The molecule has 0 fully saturated rings. The third kappa shape index (κ3) is 7.40. The van der Waals surface area contributed by atoms with Gasteiger partial charge in [-0.15, -0.1) is 22.3 Å². The van der Waals surface area contributed by atoms with Crippen LogP contribution in [-0.4, -0.2) is 19.3 Å². The Morgan fingerprint density at radius 3 is 0.841 bits per heavy atom. The molecule has 10 heteroatoms. The van der Waals surface area contributed by atoms with Crippen molar-refractivity contribution in [3.05, 3.63) is 383 Å². The molecule has 0 spiro atoms. The topological polar surface area (TPSA) is 71.6 Å². The Morgan fingerprint density at radius 1 is 0.318 bits per heavy atom. The number of rotatable bonds is 8. The van der Waals surface area contributed by atoms with Crippen molar-refractivity contribution in [3.63, 3.8) is 0 Å². The van der Waals surface area contributed by atoms with Gasteiger partial charge in [-0.1, -0.05) is 206 Å². The van der Waals surface area contributed by atoms with Crippen LogP contribution in [0.25, 0.3) is 44.5 Å². The summed E-state index contributed by atoms with van der Waals surface area (Å²) in [6, 6.07) is 95.2. The van der Waals surface area contributed by atoms with E-state index in [-0.39, 0.29) is 42.1 Å². The van der Waals surface area contributed by atoms with E-state index in [2.05, 4.69) is 312 Å². The van der Waals surface area contributed by atoms with Gasteiger partial charge >= 0.3 is 0 Å². The minimum absolute atomic E-state index is 0. The zero-order valence-electron chi connectivity index (χ0n) is 47.8. The number of aryl methyl sites for hydroxylation is 2. The van der Waals surface area contributed by atoms with Crippen LogP contribution in [0, 0.1) is 24.8 Å². The second-order valence-corrected chi connectivity index (χ2v) is 22.8. The van der Waals surface area contributed by atoms with Crippen molar-refractivity contribution >= 4 is 0 Å². The number of imidazole rings is 2. The van der Waals surface area contributed by atoms with Gasteiger partial charge in [0, 0.05) is 75.8 Å². The summed E-state index contributed by atoms with van der Waals surface area (Å²) >= 11 is 0. The monoisotopic (exact) mass is 1490 g/mol. The van der Waals surface area contributed by atoms with E-state index in [0.717, 1.165) is 33.6 Å². The van der Waals surface area contributed by atoms with Crippen molar-refractivity contribution in [2.24, 2.45) is 14.1 Å². The Bertz CT molecular complexity index is 4480. The largest absolute Gasteiger partial charge is 0.581 e. The normalized spacial score (nSPS) is 14.7. The maximum absolute atomic E-state index is 4.74. The maximum Gasteiger partial charge on any atom is 0.204 e. The van der Waals surface area contributed by atoms with E-state index in [4.69, 9.17) is 10.2 Å². The van der Waals surface area contributed by atoms with Crippen LogP contribution in [0.3, 0.4) is 0 Å². The molecule has 4 aliphatic carbocycles. The molecule has 428 valence electrons. The van der Waals surface area contributed by atoms with Crippen LogP contribution in [0.4, 0.5) is 0 Å². The molecule has 18 rings (SSSR count). The first-order valence-electron chi connectivity index (χ1n) is 29.1. The van der Waals surface area contributed by atoms with Gasteiger partial charge in [0.1, 0.15) is 11.1 Å². The van der Waals surface area contributed by atoms with Crippen molar-refractivity contribution in [3.8, 4) is 44.5 Å². The Hall–Kier alpha value is -9.58. The fourth-order valence-electron chi connectivity index (χ4n) is 15.5. The van der Waals surface area contributed by atoms with E-state index in [1.54, 1.807) is 12.4 Å². The Balaban J connectivity index is 0.000000144. The van der Waals surface area contributed by atoms with Crippen molar-refractivity contribution in [1.82, 2.24) is 29.5 Å². The predicted octanol–water partition coefficient (Wildman–Crippen LogP) is 12.9. The van der Waals surface area contributed by atoms with Crippen molar-refractivity contribution in [2.75, 3.05) is 0 Å². The van der Waals surface area contributed by atoms with Crippen LogP contribution >= 0.6 is 0 Å². The van der Waals surface area contributed by atoms with Gasteiger partial charge in [-0.2, -0.15) is 60.9 Å². The smallest absolute Gasteiger partial charge is 0.204 e. The summed E-state index contributed by atoms with van der Waals surface area (Å²) in [6.45, 7) is 0. The zero-order chi connectivity index (χ0) is 57.2. The van der Waals surface area contributed by atoms with E-state index in [1.165, 1.54) is 89.0 Å². The number of benzene rings is 10. The Labute approximate surface area is 540 Å². The SMILES string of the molecule is C[n+]1[c-]n(C2(c3[c-]c(C4(c5cc[n-]n5)c5ccccc5-c5ccccc54)ccc3)c3ccccc3-c3ccccc32)cc1.C[n+]1[c-]n(C2(c3[c-]c(C4(c5cc[n-]n5)c5ccccc5-c5ccccc54)ccc3)c3ccccc3-c3ccccc32)cc1.[Pt].[Pt]. The van der Waals surface area contributed by atoms with Gasteiger partial charge in [-0.05, 0) is 91.5 Å². The summed E-state index contributed by atoms with van der Waals surface area (Å²) in [5, 5.41) is 18.1. The predicted molar refractivity (Wildman–Crippen MR) is 331 cm³/mol.